The van der Waals surface area contributed by atoms with Crippen LogP contribution in [0.5, 0.6) is 0 Å². The summed E-state index contributed by atoms with van der Waals surface area (Å²) in [6.45, 7) is 0. The van der Waals surface area contributed by atoms with Gasteiger partial charge in [-0.3, -0.25) is 0 Å². The second-order valence-corrected chi connectivity index (χ2v) is 7.07. The number of aliphatic carboxylic acids is 2. The van der Waals surface area contributed by atoms with Gasteiger partial charge in [0.15, 0.2) is 12.2 Å². The number of aliphatic hydroxyl groups excluding tert-OH is 2. The Morgan fingerprint density at radius 1 is 0.929 bits per heavy atom. The number of hydrogen-bond acceptors (Lipinski definition) is 5. The standard InChI is InChI=1S/C17H17N.C4H6O6/c1-2-4-13-9-14(6-5-12(13)3-1)15-10-16-7-8-17(11-15)18-16;5-1(3(7)8)2(6)4(9)10/h1-6,9-10,16-18H,7-8,11H2;1-2,5-6H,(H,7,8)(H,9,10)/t;1-,2-/m.1/s1. The fourth-order valence-electron chi connectivity index (χ4n) is 3.59. The van der Waals surface area contributed by atoms with Gasteiger partial charge in [-0.1, -0.05) is 42.5 Å². The molecule has 2 heterocycles. The number of carboxylic acids is 2. The van der Waals surface area contributed by atoms with Crippen LogP contribution in [0, 0.1) is 0 Å². The minimum absolute atomic E-state index is 0.616. The SMILES string of the molecule is C1=C(c2ccc3ccccc3c2)CC2CCC1N2.O=C(O)[C@H](O)[C@@H](O)C(=O)O. The van der Waals surface area contributed by atoms with Gasteiger partial charge in [-0.2, -0.15) is 0 Å². The molecule has 1 fully saturated rings. The van der Waals surface area contributed by atoms with Crippen LogP contribution in [0.4, 0.5) is 0 Å². The minimum Gasteiger partial charge on any atom is -0.479 e. The lowest BCUT2D eigenvalue weighted by Crippen LogP contribution is -2.39. The quantitative estimate of drug-likeness (QED) is 0.541. The summed E-state index contributed by atoms with van der Waals surface area (Å²) in [6.07, 6.45) is 1.73. The van der Waals surface area contributed by atoms with Gasteiger partial charge in [0.2, 0.25) is 0 Å². The topological polar surface area (TPSA) is 127 Å². The van der Waals surface area contributed by atoms with Crippen molar-refractivity contribution in [3.8, 4) is 0 Å². The average Bonchev–Trinajstić information content (AvgIpc) is 3.04. The lowest BCUT2D eigenvalue weighted by molar-refractivity contribution is -0.165. The molecule has 148 valence electrons. The Bertz CT molecular complexity index is 891. The maximum Gasteiger partial charge on any atom is 0.335 e. The molecule has 0 aliphatic carbocycles. The molecule has 1 saturated heterocycles. The fraction of sp³-hybridized carbons (Fsp3) is 0.333. The molecular weight excluding hydrogens is 362 g/mol. The van der Waals surface area contributed by atoms with Crippen molar-refractivity contribution < 1.29 is 30.0 Å². The molecule has 0 amide bonds. The molecule has 0 spiro atoms. The summed E-state index contributed by atoms with van der Waals surface area (Å²) in [7, 11) is 0. The lowest BCUT2D eigenvalue weighted by atomic mass is 9.94. The molecule has 0 radical (unpaired) electrons. The van der Waals surface area contributed by atoms with Gasteiger partial charge in [0, 0.05) is 12.1 Å². The van der Waals surface area contributed by atoms with E-state index in [1.165, 1.54) is 41.2 Å². The molecule has 28 heavy (non-hydrogen) atoms. The summed E-state index contributed by atoms with van der Waals surface area (Å²) < 4.78 is 0. The van der Waals surface area contributed by atoms with Gasteiger partial charge in [-0.25, -0.2) is 9.59 Å². The smallest absolute Gasteiger partial charge is 0.335 e. The summed E-state index contributed by atoms with van der Waals surface area (Å²) in [5.41, 5.74) is 2.94. The average molecular weight is 385 g/mol. The number of hydrogen-bond donors (Lipinski definition) is 5. The Morgan fingerprint density at radius 2 is 1.57 bits per heavy atom. The Balaban J connectivity index is 0.000000195. The van der Waals surface area contributed by atoms with Crippen molar-refractivity contribution in [2.24, 2.45) is 0 Å². The maximum absolute atomic E-state index is 9.77. The fourth-order valence-corrected chi connectivity index (χ4v) is 3.59. The Hall–Kier alpha value is -2.74. The van der Waals surface area contributed by atoms with Gasteiger partial charge in [0.1, 0.15) is 0 Å². The molecule has 4 atom stereocenters. The van der Waals surface area contributed by atoms with Crippen LogP contribution in [-0.4, -0.2) is 56.7 Å². The van der Waals surface area contributed by atoms with Crippen LogP contribution in [0.15, 0.2) is 48.5 Å². The van der Waals surface area contributed by atoms with Crippen molar-refractivity contribution in [3.05, 3.63) is 54.1 Å². The second kappa shape index (κ2) is 8.52. The van der Waals surface area contributed by atoms with E-state index in [-0.39, 0.29) is 0 Å². The number of fused-ring (bicyclic) bond motifs is 3. The molecule has 2 aliphatic heterocycles. The number of aliphatic hydroxyl groups is 2. The maximum atomic E-state index is 9.77. The van der Waals surface area contributed by atoms with Crippen LogP contribution in [-0.2, 0) is 9.59 Å². The van der Waals surface area contributed by atoms with Crippen molar-refractivity contribution in [2.75, 3.05) is 0 Å². The molecule has 2 bridgehead atoms. The first-order valence-electron chi connectivity index (χ1n) is 9.13. The number of rotatable bonds is 4. The summed E-state index contributed by atoms with van der Waals surface area (Å²) >= 11 is 0. The number of benzene rings is 2. The predicted molar refractivity (Wildman–Crippen MR) is 104 cm³/mol. The molecule has 2 aromatic carbocycles. The highest BCUT2D eigenvalue weighted by atomic mass is 16.4. The van der Waals surface area contributed by atoms with Crippen LogP contribution < -0.4 is 5.32 Å². The van der Waals surface area contributed by atoms with Gasteiger partial charge in [0.25, 0.3) is 0 Å². The minimum atomic E-state index is -2.27. The molecule has 2 unspecified atom stereocenters. The first-order valence-corrected chi connectivity index (χ1v) is 9.13. The largest absolute Gasteiger partial charge is 0.479 e. The highest BCUT2D eigenvalue weighted by molar-refractivity contribution is 5.86. The third-order valence-corrected chi connectivity index (χ3v) is 5.07. The van der Waals surface area contributed by atoms with Gasteiger partial charge in [-0.05, 0) is 47.2 Å². The summed E-state index contributed by atoms with van der Waals surface area (Å²) in [6, 6.07) is 16.8. The van der Waals surface area contributed by atoms with Gasteiger partial charge in [-0.15, -0.1) is 0 Å². The molecule has 0 saturated carbocycles. The first kappa shape index (κ1) is 20.0. The monoisotopic (exact) mass is 385 g/mol. The third kappa shape index (κ3) is 4.56. The molecule has 7 heteroatoms. The van der Waals surface area contributed by atoms with Crippen molar-refractivity contribution in [2.45, 2.75) is 43.6 Å². The van der Waals surface area contributed by atoms with E-state index in [4.69, 9.17) is 20.4 Å². The van der Waals surface area contributed by atoms with E-state index in [1.54, 1.807) is 0 Å². The number of carboxylic acid groups (broad SMARTS) is 2. The van der Waals surface area contributed by atoms with Crippen molar-refractivity contribution >= 4 is 28.3 Å². The van der Waals surface area contributed by atoms with Crippen molar-refractivity contribution in [3.63, 3.8) is 0 Å². The zero-order chi connectivity index (χ0) is 20.3. The van der Waals surface area contributed by atoms with E-state index in [1.807, 2.05) is 0 Å². The first-order chi connectivity index (χ1) is 13.3. The van der Waals surface area contributed by atoms with Gasteiger partial charge in [0.05, 0.1) is 0 Å². The Kier molecular flexibility index (Phi) is 6.08. The molecule has 2 aliphatic rings. The second-order valence-electron chi connectivity index (χ2n) is 7.07. The zero-order valence-electron chi connectivity index (χ0n) is 15.2. The number of nitrogens with one attached hydrogen (secondary N) is 1. The molecule has 0 aromatic heterocycles. The van der Waals surface area contributed by atoms with E-state index in [0.717, 1.165) is 0 Å². The molecule has 7 nitrogen and oxygen atoms in total. The molecular formula is C21H23NO6. The van der Waals surface area contributed by atoms with Crippen molar-refractivity contribution in [1.29, 1.82) is 0 Å². The normalized spacial score (nSPS) is 22.6. The molecule has 2 aromatic rings. The summed E-state index contributed by atoms with van der Waals surface area (Å²) in [5, 5.41) is 38.9. The Morgan fingerprint density at radius 3 is 2.18 bits per heavy atom. The van der Waals surface area contributed by atoms with E-state index in [0.29, 0.717) is 12.1 Å². The third-order valence-electron chi connectivity index (χ3n) is 5.07. The van der Waals surface area contributed by atoms with Gasteiger partial charge < -0.3 is 25.7 Å². The highest BCUT2D eigenvalue weighted by Gasteiger charge is 2.29. The summed E-state index contributed by atoms with van der Waals surface area (Å²) in [5.74, 6) is -3.54. The molecule has 5 N–H and O–H groups in total. The van der Waals surface area contributed by atoms with Crippen molar-refractivity contribution in [1.82, 2.24) is 5.32 Å². The van der Waals surface area contributed by atoms with Crippen LogP contribution in [0.2, 0.25) is 0 Å². The van der Waals surface area contributed by atoms with Crippen LogP contribution in [0.1, 0.15) is 24.8 Å². The van der Waals surface area contributed by atoms with Crippen LogP contribution >= 0.6 is 0 Å². The van der Waals surface area contributed by atoms with Gasteiger partial charge >= 0.3 is 11.9 Å². The summed E-state index contributed by atoms with van der Waals surface area (Å²) in [4.78, 5) is 19.5. The highest BCUT2D eigenvalue weighted by Crippen LogP contribution is 2.32. The Labute approximate surface area is 161 Å². The zero-order valence-corrected chi connectivity index (χ0v) is 15.2. The van der Waals surface area contributed by atoms with E-state index < -0.39 is 24.1 Å². The number of carbonyl (C=O) groups is 2. The molecule has 4 rings (SSSR count). The van der Waals surface area contributed by atoms with Crippen LogP contribution in [0.25, 0.3) is 16.3 Å². The predicted octanol–water partition coefficient (Wildman–Crippen LogP) is 1.62. The van der Waals surface area contributed by atoms with Crippen LogP contribution in [0.3, 0.4) is 0 Å². The van der Waals surface area contributed by atoms with E-state index in [2.05, 4.69) is 53.9 Å². The van der Waals surface area contributed by atoms with E-state index in [9.17, 15) is 9.59 Å². The lowest BCUT2D eigenvalue weighted by Gasteiger charge is -2.21. The van der Waals surface area contributed by atoms with E-state index >= 15 is 0 Å².